The van der Waals surface area contributed by atoms with Gasteiger partial charge < -0.3 is 34.3 Å². The number of methoxy groups -OCH3 is 1. The van der Waals surface area contributed by atoms with E-state index in [0.29, 0.717) is 5.57 Å². The summed E-state index contributed by atoms with van der Waals surface area (Å²) in [5.41, 5.74) is -4.02. The quantitative estimate of drug-likeness (QED) is 0.366. The van der Waals surface area contributed by atoms with E-state index in [1.54, 1.807) is 32.0 Å². The highest BCUT2D eigenvalue weighted by atomic mass is 16.6. The van der Waals surface area contributed by atoms with Crippen LogP contribution in [-0.2, 0) is 33.3 Å². The normalized spacial score (nSPS) is 44.2. The zero-order chi connectivity index (χ0) is 28.1. The Kier molecular flexibility index (Phi) is 5.57. The smallest absolute Gasteiger partial charge is 0.348 e. The Morgan fingerprint density at radius 1 is 1.10 bits per heavy atom. The predicted molar refractivity (Wildman–Crippen MR) is 129 cm³/mol. The number of hydrogen-bond acceptors (Lipinski definition) is 11. The molecule has 1 unspecified atom stereocenters. The zero-order valence-corrected chi connectivity index (χ0v) is 21.7. The summed E-state index contributed by atoms with van der Waals surface area (Å²) in [4.78, 5) is 53.0. The molecule has 3 aliphatic carbocycles. The lowest BCUT2D eigenvalue weighted by molar-refractivity contribution is -0.288. The van der Waals surface area contributed by atoms with Gasteiger partial charge in [0.15, 0.2) is 11.5 Å². The van der Waals surface area contributed by atoms with Gasteiger partial charge in [0.05, 0.1) is 31.3 Å². The third kappa shape index (κ3) is 3.03. The van der Waals surface area contributed by atoms with Crippen molar-refractivity contribution in [3.63, 3.8) is 0 Å². The average molecular weight is 543 g/mol. The van der Waals surface area contributed by atoms with Gasteiger partial charge in [-0.05, 0) is 42.4 Å². The van der Waals surface area contributed by atoms with Crippen molar-refractivity contribution in [1.82, 2.24) is 0 Å². The van der Waals surface area contributed by atoms with Crippen molar-refractivity contribution in [3.05, 3.63) is 47.2 Å². The van der Waals surface area contributed by atoms with E-state index in [2.05, 4.69) is 0 Å². The Balaban J connectivity index is 1.55. The van der Waals surface area contributed by atoms with E-state index >= 15 is 0 Å². The van der Waals surface area contributed by atoms with Crippen molar-refractivity contribution < 1.29 is 53.4 Å². The van der Waals surface area contributed by atoms with E-state index in [-0.39, 0.29) is 30.8 Å². The molecule has 2 saturated carbocycles. The molecule has 11 heteroatoms. The molecule has 4 fully saturated rings. The van der Waals surface area contributed by atoms with Crippen molar-refractivity contribution in [1.29, 1.82) is 0 Å². The number of carbonyl (C=O) groups excluding carboxylic acids is 4. The number of Topliss-reactive ketones (excluding diaryl/α,β-unsaturated/α-hetero) is 1. The largest absolute Gasteiger partial charge is 0.504 e. The SMILES string of the molecule is COC(=O)C12OC[C@]34[C@H]([C@@H](O)[C@@H]1O)[C@@]1(C)CC(=O)C(O)=C(C)[C@@H]1C[C@H]3OC(=O)[C@H](OC(=O)c1ccccc1)[C@@H]24. The number of ether oxygens (including phenoxy) is 4. The highest BCUT2D eigenvalue weighted by Gasteiger charge is 2.85. The van der Waals surface area contributed by atoms with E-state index in [0.717, 1.165) is 7.11 Å². The Morgan fingerprint density at radius 3 is 2.46 bits per heavy atom. The minimum Gasteiger partial charge on any atom is -0.504 e. The fourth-order valence-electron chi connectivity index (χ4n) is 8.61. The van der Waals surface area contributed by atoms with E-state index in [1.807, 2.05) is 0 Å². The fraction of sp³-hybridized carbons (Fsp3) is 0.571. The molecule has 6 rings (SSSR count). The molecular weight excluding hydrogens is 512 g/mol. The van der Waals surface area contributed by atoms with Gasteiger partial charge >= 0.3 is 17.9 Å². The molecule has 2 saturated heterocycles. The van der Waals surface area contributed by atoms with Gasteiger partial charge in [0.1, 0.15) is 12.2 Å². The third-order valence-electron chi connectivity index (χ3n) is 10.1. The number of esters is 3. The number of fused-ring (bicyclic) bond motifs is 2. The minimum absolute atomic E-state index is 0.149. The number of carbonyl (C=O) groups is 4. The lowest BCUT2D eigenvalue weighted by atomic mass is 9.38. The van der Waals surface area contributed by atoms with Crippen LogP contribution in [0, 0.1) is 28.6 Å². The summed E-state index contributed by atoms with van der Waals surface area (Å²) in [7, 11) is 1.09. The maximum Gasteiger partial charge on any atom is 0.348 e. The zero-order valence-electron chi connectivity index (χ0n) is 21.7. The summed E-state index contributed by atoms with van der Waals surface area (Å²) < 4.78 is 22.7. The molecule has 1 spiro atoms. The molecular formula is C28H30O11. The summed E-state index contributed by atoms with van der Waals surface area (Å²) in [6.45, 7) is 3.18. The first-order valence-electron chi connectivity index (χ1n) is 12.9. The van der Waals surface area contributed by atoms with Crippen molar-refractivity contribution in [2.45, 2.75) is 56.7 Å². The van der Waals surface area contributed by atoms with Crippen LogP contribution in [0.25, 0.3) is 0 Å². The summed E-state index contributed by atoms with van der Waals surface area (Å²) in [5, 5.41) is 33.8. The second-order valence-corrected chi connectivity index (χ2v) is 11.6. The Hall–Kier alpha value is -3.28. The molecule has 2 aliphatic heterocycles. The Bertz CT molecular complexity index is 1310. The van der Waals surface area contributed by atoms with Crippen LogP contribution in [0.2, 0.25) is 0 Å². The average Bonchev–Trinajstić information content (AvgIpc) is 3.23. The van der Waals surface area contributed by atoms with Crippen molar-refractivity contribution in [3.8, 4) is 0 Å². The van der Waals surface area contributed by atoms with E-state index < -0.39 is 82.3 Å². The first-order chi connectivity index (χ1) is 18.4. The number of ketones is 1. The van der Waals surface area contributed by atoms with Gasteiger partial charge in [0.2, 0.25) is 11.7 Å². The third-order valence-corrected chi connectivity index (χ3v) is 10.1. The topological polar surface area (TPSA) is 166 Å². The Morgan fingerprint density at radius 2 is 1.79 bits per heavy atom. The maximum atomic E-state index is 13.5. The molecule has 3 N–H and O–H groups in total. The van der Waals surface area contributed by atoms with Crippen LogP contribution < -0.4 is 0 Å². The number of aliphatic hydroxyl groups excluding tert-OH is 3. The van der Waals surface area contributed by atoms with Crippen LogP contribution in [-0.4, -0.2) is 82.7 Å². The minimum atomic E-state index is -2.24. The first-order valence-corrected chi connectivity index (χ1v) is 12.9. The van der Waals surface area contributed by atoms with Crippen molar-refractivity contribution >= 4 is 23.7 Å². The number of benzene rings is 1. The number of allylic oxidation sites excluding steroid dienone is 2. The lowest BCUT2D eigenvalue weighted by Gasteiger charge is -2.67. The van der Waals surface area contributed by atoms with Gasteiger partial charge in [-0.15, -0.1) is 0 Å². The number of rotatable bonds is 3. The van der Waals surface area contributed by atoms with Crippen LogP contribution >= 0.6 is 0 Å². The van der Waals surface area contributed by atoms with Crippen molar-refractivity contribution in [2.24, 2.45) is 28.6 Å². The van der Waals surface area contributed by atoms with Gasteiger partial charge in [-0.1, -0.05) is 25.1 Å². The van der Waals surface area contributed by atoms with Crippen LogP contribution in [0.5, 0.6) is 0 Å². The second-order valence-electron chi connectivity index (χ2n) is 11.6. The predicted octanol–water partition coefficient (Wildman–Crippen LogP) is 0.865. The molecule has 2 heterocycles. The molecule has 0 amide bonds. The highest BCUT2D eigenvalue weighted by Crippen LogP contribution is 2.72. The van der Waals surface area contributed by atoms with Crippen LogP contribution in [0.15, 0.2) is 41.7 Å². The van der Waals surface area contributed by atoms with Gasteiger partial charge in [-0.3, -0.25) is 4.79 Å². The van der Waals surface area contributed by atoms with E-state index in [1.165, 1.54) is 12.1 Å². The highest BCUT2D eigenvalue weighted by molar-refractivity contribution is 5.96. The summed E-state index contributed by atoms with van der Waals surface area (Å²) in [6, 6.07) is 7.96. The number of hydrogen-bond donors (Lipinski definition) is 3. The monoisotopic (exact) mass is 542 g/mol. The molecule has 1 aromatic rings. The van der Waals surface area contributed by atoms with Crippen LogP contribution in [0.4, 0.5) is 0 Å². The molecule has 0 aromatic heterocycles. The summed E-state index contributed by atoms with van der Waals surface area (Å²) >= 11 is 0. The Labute approximate surface area is 223 Å². The van der Waals surface area contributed by atoms with Gasteiger partial charge in [0.25, 0.3) is 0 Å². The van der Waals surface area contributed by atoms with Crippen molar-refractivity contribution in [2.75, 3.05) is 13.7 Å². The standard InChI is InChI=1S/C28H30O11/c1-12-14-9-16-27-11-37-28(25(35)36-3,22(32)18(31)20(27)26(14,2)10-15(29)17(12)30)21(27)19(24(34)38-16)39-23(33)13-7-5-4-6-8-13/h4-8,14,16,18-22,30-32H,9-11H2,1-3H3/t14-,16+,18+,19+,20+,21+,22-,26-,27+,28?/m0/s1. The lowest BCUT2D eigenvalue weighted by Crippen LogP contribution is -2.79. The first kappa shape index (κ1) is 26.0. The molecule has 208 valence electrons. The maximum absolute atomic E-state index is 13.5. The van der Waals surface area contributed by atoms with Gasteiger partial charge in [-0.25, -0.2) is 14.4 Å². The van der Waals surface area contributed by atoms with Gasteiger partial charge in [0, 0.05) is 17.8 Å². The van der Waals surface area contributed by atoms with Gasteiger partial charge in [-0.2, -0.15) is 0 Å². The van der Waals surface area contributed by atoms with Crippen LogP contribution in [0.1, 0.15) is 37.0 Å². The second kappa shape index (κ2) is 8.36. The van der Waals surface area contributed by atoms with E-state index in [9.17, 15) is 34.5 Å². The number of aliphatic hydroxyl groups is 3. The van der Waals surface area contributed by atoms with Crippen LogP contribution in [0.3, 0.4) is 0 Å². The molecule has 5 aliphatic rings. The molecule has 2 bridgehead atoms. The molecule has 11 nitrogen and oxygen atoms in total. The van der Waals surface area contributed by atoms with E-state index in [4.69, 9.17) is 18.9 Å². The summed E-state index contributed by atoms with van der Waals surface area (Å²) in [5.74, 6) is -6.38. The molecule has 39 heavy (non-hydrogen) atoms. The fourth-order valence-corrected chi connectivity index (χ4v) is 8.61. The molecule has 0 radical (unpaired) electrons. The molecule has 1 aromatic carbocycles. The molecule has 10 atom stereocenters. The summed E-state index contributed by atoms with van der Waals surface area (Å²) in [6.07, 6.45) is -6.07.